The van der Waals surface area contributed by atoms with Crippen LogP contribution in [0.1, 0.15) is 146 Å². The number of hydrogen-bond acceptors (Lipinski definition) is 10. The van der Waals surface area contributed by atoms with Gasteiger partial charge in [-0.2, -0.15) is 10.4 Å². The number of nitrogen functional groups attached to an aromatic ring is 1. The highest BCUT2D eigenvalue weighted by atomic mass is 31.2. The number of ether oxygens (including phenoxy) is 3. The summed E-state index contributed by atoms with van der Waals surface area (Å²) in [5.74, 6) is -0.0981. The van der Waals surface area contributed by atoms with E-state index in [1.54, 1.807) is 10.6 Å². The first kappa shape index (κ1) is 46.4. The van der Waals surface area contributed by atoms with Crippen LogP contribution in [0.2, 0.25) is 0 Å². The Morgan fingerprint density at radius 2 is 1.69 bits per heavy atom. The van der Waals surface area contributed by atoms with Gasteiger partial charge in [0.25, 0.3) is 0 Å². The van der Waals surface area contributed by atoms with Crippen LogP contribution in [-0.2, 0) is 29.9 Å². The Labute approximate surface area is 329 Å². The first-order valence-corrected chi connectivity index (χ1v) is 21.6. The molecule has 4 unspecified atom stereocenters. The van der Waals surface area contributed by atoms with Crippen LogP contribution in [-0.4, -0.2) is 58.1 Å². The number of anilines is 1. The van der Waals surface area contributed by atoms with Gasteiger partial charge in [-0.25, -0.2) is 13.9 Å². The Hall–Kier alpha value is -3.01. The molecule has 1 aromatic carbocycles. The summed E-state index contributed by atoms with van der Waals surface area (Å²) in [5, 5.41) is 13.5. The van der Waals surface area contributed by atoms with Gasteiger partial charge in [0, 0.05) is 6.61 Å². The van der Waals surface area contributed by atoms with Crippen molar-refractivity contribution in [1.82, 2.24) is 14.6 Å². The third-order valence-corrected chi connectivity index (χ3v) is 10.1. The molecule has 1 saturated heterocycles. The molecule has 3 aromatic rings. The summed E-state index contributed by atoms with van der Waals surface area (Å²) in [6, 6.07) is 9.87. The van der Waals surface area contributed by atoms with Crippen molar-refractivity contribution in [2.75, 3.05) is 32.2 Å². The Morgan fingerprint density at radius 1 is 0.982 bits per heavy atom. The standard InChI is InChI=1S/C40H59FN5O6P.C2H6/c1-2-3-4-5-6-7-8-9-10-11-12-13-14-15-16-17-22-48-28-36(49-27-33-23-32(26-42)24-34(41)25-33)30-51-53(47)50-29-35-18-21-39(52-35)37-19-20-38-40(43)44-31-45-46(37)38;1-2/h9-10,19-20,23-25,31,35-36,39,47H,2-8,11-18,21-22,27-30H2,1H3,(H2,43,44,45);1-2H3/b10-9+;. The fourth-order valence-corrected chi connectivity index (χ4v) is 7.08. The maximum absolute atomic E-state index is 14.0. The Bertz CT molecular complexity index is 1540. The number of rotatable bonds is 28. The summed E-state index contributed by atoms with van der Waals surface area (Å²) in [6.07, 6.45) is 24.1. The number of halogens is 1. The van der Waals surface area contributed by atoms with Crippen molar-refractivity contribution in [3.05, 3.63) is 71.4 Å². The zero-order chi connectivity index (χ0) is 39.5. The van der Waals surface area contributed by atoms with Crippen LogP contribution in [0.4, 0.5) is 10.2 Å². The number of nitriles is 1. The molecule has 11 nitrogen and oxygen atoms in total. The largest absolute Gasteiger partial charge is 0.382 e. The van der Waals surface area contributed by atoms with Crippen molar-refractivity contribution >= 4 is 19.9 Å². The molecule has 0 aliphatic carbocycles. The van der Waals surface area contributed by atoms with E-state index in [9.17, 15) is 14.5 Å². The summed E-state index contributed by atoms with van der Waals surface area (Å²) < 4.78 is 45.2. The number of nitrogens with zero attached hydrogens (tertiary/aromatic N) is 4. The highest BCUT2D eigenvalue weighted by Crippen LogP contribution is 2.38. The molecular weight excluding hydrogens is 720 g/mol. The smallest absolute Gasteiger partial charge is 0.330 e. The van der Waals surface area contributed by atoms with Gasteiger partial charge in [0.1, 0.15) is 29.9 Å². The molecule has 0 spiro atoms. The maximum atomic E-state index is 14.0. The minimum atomic E-state index is -2.20. The lowest BCUT2D eigenvalue weighted by molar-refractivity contribution is -0.0493. The molecule has 0 amide bonds. The second-order valence-corrected chi connectivity index (χ2v) is 14.8. The summed E-state index contributed by atoms with van der Waals surface area (Å²) in [7, 11) is -2.20. The fourth-order valence-electron chi connectivity index (χ4n) is 6.42. The number of unbranched alkanes of at least 4 members (excludes halogenated alkanes) is 12. The Morgan fingerprint density at radius 3 is 2.42 bits per heavy atom. The van der Waals surface area contributed by atoms with Crippen molar-refractivity contribution < 1.29 is 32.5 Å². The molecule has 306 valence electrons. The predicted octanol–water partition coefficient (Wildman–Crippen LogP) is 10.5. The van der Waals surface area contributed by atoms with E-state index >= 15 is 0 Å². The van der Waals surface area contributed by atoms with Crippen molar-refractivity contribution in [3.63, 3.8) is 0 Å². The van der Waals surface area contributed by atoms with E-state index in [4.69, 9.17) is 29.0 Å². The van der Waals surface area contributed by atoms with Gasteiger partial charge in [-0.05, 0) is 80.8 Å². The van der Waals surface area contributed by atoms with Gasteiger partial charge in [-0.3, -0.25) is 0 Å². The third kappa shape index (κ3) is 18.2. The lowest BCUT2D eigenvalue weighted by Gasteiger charge is -2.20. The van der Waals surface area contributed by atoms with E-state index in [-0.39, 0.29) is 44.2 Å². The van der Waals surface area contributed by atoms with E-state index in [0.717, 1.165) is 36.9 Å². The molecule has 0 radical (unpaired) electrons. The topological polar surface area (TPSA) is 146 Å². The molecule has 2 aromatic heterocycles. The van der Waals surface area contributed by atoms with Crippen LogP contribution in [0.15, 0.2) is 48.8 Å². The number of nitrogens with two attached hydrogens (primary N) is 1. The maximum Gasteiger partial charge on any atom is 0.330 e. The van der Waals surface area contributed by atoms with Crippen LogP contribution in [0, 0.1) is 17.1 Å². The van der Waals surface area contributed by atoms with Crippen molar-refractivity contribution in [3.8, 4) is 6.07 Å². The second-order valence-electron chi connectivity index (χ2n) is 13.8. The number of fused-ring (bicyclic) bond motifs is 1. The van der Waals surface area contributed by atoms with E-state index < -0.39 is 20.5 Å². The average molecular weight is 786 g/mol. The highest BCUT2D eigenvalue weighted by molar-refractivity contribution is 7.40. The second kappa shape index (κ2) is 28.4. The van der Waals surface area contributed by atoms with Crippen LogP contribution in [0.3, 0.4) is 0 Å². The summed E-state index contributed by atoms with van der Waals surface area (Å²) in [6.45, 7) is 7.32. The molecule has 0 bridgehead atoms. The van der Waals surface area contributed by atoms with Gasteiger partial charge < -0.3 is 33.9 Å². The van der Waals surface area contributed by atoms with Gasteiger partial charge in [0.05, 0.1) is 49.9 Å². The van der Waals surface area contributed by atoms with Gasteiger partial charge in [-0.1, -0.05) is 90.7 Å². The van der Waals surface area contributed by atoms with Crippen LogP contribution >= 0.6 is 8.60 Å². The van der Waals surface area contributed by atoms with E-state index in [0.29, 0.717) is 18.0 Å². The quantitative estimate of drug-likeness (QED) is 0.0414. The van der Waals surface area contributed by atoms with Crippen LogP contribution in [0.25, 0.3) is 5.52 Å². The molecule has 0 saturated carbocycles. The summed E-state index contributed by atoms with van der Waals surface area (Å²) in [4.78, 5) is 14.6. The Kier molecular flexibility index (Phi) is 23.9. The molecule has 4 atom stereocenters. The van der Waals surface area contributed by atoms with Crippen molar-refractivity contribution in [2.24, 2.45) is 0 Å². The molecule has 1 aliphatic rings. The number of allylic oxidation sites excluding steroid dienone is 2. The minimum Gasteiger partial charge on any atom is -0.382 e. The Balaban J connectivity index is 0.00000399. The molecule has 3 N–H and O–H groups in total. The highest BCUT2D eigenvalue weighted by Gasteiger charge is 2.30. The first-order chi connectivity index (χ1) is 27.0. The van der Waals surface area contributed by atoms with Gasteiger partial charge in [-0.15, -0.1) is 0 Å². The monoisotopic (exact) mass is 785 g/mol. The molecule has 1 fully saturated rings. The van der Waals surface area contributed by atoms with Gasteiger partial charge >= 0.3 is 8.60 Å². The average Bonchev–Trinajstić information content (AvgIpc) is 3.86. The lowest BCUT2D eigenvalue weighted by Crippen LogP contribution is -2.25. The molecule has 55 heavy (non-hydrogen) atoms. The minimum absolute atomic E-state index is 0.0153. The van der Waals surface area contributed by atoms with Crippen LogP contribution in [0.5, 0.6) is 0 Å². The van der Waals surface area contributed by atoms with E-state index in [2.05, 4.69) is 29.2 Å². The normalized spacial score (nSPS) is 16.7. The third-order valence-electron chi connectivity index (χ3n) is 9.37. The van der Waals surface area contributed by atoms with E-state index in [1.165, 1.54) is 95.5 Å². The van der Waals surface area contributed by atoms with E-state index in [1.807, 2.05) is 32.0 Å². The molecule has 1 aliphatic heterocycles. The van der Waals surface area contributed by atoms with Crippen molar-refractivity contribution in [1.29, 1.82) is 5.26 Å². The number of hydrogen-bond donors (Lipinski definition) is 2. The fraction of sp³-hybridized carbons (Fsp3) is 0.643. The summed E-state index contributed by atoms with van der Waals surface area (Å²) >= 11 is 0. The van der Waals surface area contributed by atoms with Gasteiger partial charge in [0.15, 0.2) is 5.82 Å². The first-order valence-electron chi connectivity index (χ1n) is 20.5. The molecule has 4 rings (SSSR count). The lowest BCUT2D eigenvalue weighted by atomic mass is 10.1. The number of aromatic nitrogens is 3. The molecule has 3 heterocycles. The number of benzene rings is 1. The predicted molar refractivity (Wildman–Crippen MR) is 217 cm³/mol. The SMILES string of the molecule is CC.CCCCCCCC/C=C/CCCCCCCCOCC(COP(O)OCC1CCC(c2ccc3c(N)ncnn23)O1)OCc1cc(F)cc(C#N)c1. The molecular formula is C42H65FN5O6P. The zero-order valence-electron chi connectivity index (χ0n) is 33.4. The zero-order valence-corrected chi connectivity index (χ0v) is 34.3. The summed E-state index contributed by atoms with van der Waals surface area (Å²) in [5.41, 5.74) is 8.33. The van der Waals surface area contributed by atoms with Gasteiger partial charge in [0.2, 0.25) is 0 Å². The van der Waals surface area contributed by atoms with Crippen molar-refractivity contribution in [2.45, 2.75) is 148 Å². The van der Waals surface area contributed by atoms with Crippen LogP contribution < -0.4 is 5.73 Å². The molecule has 13 heteroatoms.